The Hall–Kier alpha value is -1.56. The van der Waals surface area contributed by atoms with Crippen LogP contribution in [0.25, 0.3) is 0 Å². The zero-order chi connectivity index (χ0) is 16.4. The van der Waals surface area contributed by atoms with Crippen molar-refractivity contribution in [1.29, 1.82) is 0 Å². The Labute approximate surface area is 133 Å². The molecule has 0 radical (unpaired) electrons. The Balaban J connectivity index is 2.98. The summed E-state index contributed by atoms with van der Waals surface area (Å²) >= 11 is 3.28. The molecule has 1 aromatic rings. The molecule has 0 saturated heterocycles. The van der Waals surface area contributed by atoms with E-state index in [-0.39, 0.29) is 28.7 Å². The highest BCUT2D eigenvalue weighted by atomic mass is 79.9. The fourth-order valence-corrected chi connectivity index (χ4v) is 2.13. The molecule has 116 valence electrons. The third-order valence-electron chi connectivity index (χ3n) is 3.61. The smallest absolute Gasteiger partial charge is 0.337 e. The first kappa shape index (κ1) is 17.5. The number of carbonyl (C=O) groups is 2. The molecule has 0 aliphatic heterocycles. The Kier molecular flexibility index (Phi) is 5.39. The van der Waals surface area contributed by atoms with E-state index in [4.69, 9.17) is 5.11 Å². The predicted octanol–water partition coefficient (Wildman–Crippen LogP) is 4.05. The summed E-state index contributed by atoms with van der Waals surface area (Å²) in [6, 6.07) is 4.32. The summed E-state index contributed by atoms with van der Waals surface area (Å²) in [6.07, 6.45) is 0. The first-order valence-corrected chi connectivity index (χ1v) is 7.40. The van der Waals surface area contributed by atoms with Gasteiger partial charge in [0, 0.05) is 17.6 Å². The van der Waals surface area contributed by atoms with Crippen molar-refractivity contribution < 1.29 is 14.7 Å². The van der Waals surface area contributed by atoms with Gasteiger partial charge in [0.25, 0.3) is 0 Å². The number of nitrogens with one attached hydrogen (secondary N) is 1. The van der Waals surface area contributed by atoms with Gasteiger partial charge in [-0.1, -0.05) is 36.7 Å². The van der Waals surface area contributed by atoms with Crippen LogP contribution < -0.4 is 5.32 Å². The molecule has 1 atom stereocenters. The molecule has 0 aliphatic carbocycles. The molecule has 0 fully saturated rings. The fourth-order valence-electron chi connectivity index (χ4n) is 1.77. The van der Waals surface area contributed by atoms with Crippen LogP contribution in [0.1, 0.15) is 38.1 Å². The number of aromatic carboxylic acids is 1. The molecule has 2 N–H and O–H groups in total. The number of benzene rings is 1. The van der Waals surface area contributed by atoms with Crippen molar-refractivity contribution in [2.45, 2.75) is 33.7 Å². The number of carbonyl (C=O) groups excluding carboxylic acids is 1. The maximum atomic E-state index is 12.3. The van der Waals surface area contributed by atoms with Gasteiger partial charge in [-0.15, -0.1) is 0 Å². The zero-order valence-electron chi connectivity index (χ0n) is 12.9. The monoisotopic (exact) mass is 356 g/mol. The van der Waals surface area contributed by atoms with Crippen molar-refractivity contribution in [2.24, 2.45) is 5.41 Å². The van der Waals surface area contributed by atoms with Gasteiger partial charge < -0.3 is 15.3 Å². The van der Waals surface area contributed by atoms with Crippen LogP contribution >= 0.6 is 15.9 Å². The lowest BCUT2D eigenvalue weighted by molar-refractivity contribution is 0.0698. The molecule has 6 heteroatoms. The molecule has 0 heterocycles. The van der Waals surface area contributed by atoms with E-state index in [1.807, 2.05) is 27.7 Å². The van der Waals surface area contributed by atoms with Crippen molar-refractivity contribution >= 4 is 33.6 Å². The molecule has 0 aromatic heterocycles. The lowest BCUT2D eigenvalue weighted by Crippen LogP contribution is -2.45. The molecular formula is C15H21BrN2O3. The number of carboxylic acids is 1. The van der Waals surface area contributed by atoms with Crippen molar-refractivity contribution in [3.05, 3.63) is 28.2 Å². The lowest BCUT2D eigenvalue weighted by Gasteiger charge is -2.35. The van der Waals surface area contributed by atoms with Crippen LogP contribution in [-0.4, -0.2) is 35.1 Å². The molecule has 0 bridgehead atoms. The van der Waals surface area contributed by atoms with Gasteiger partial charge in [0.2, 0.25) is 0 Å². The summed E-state index contributed by atoms with van der Waals surface area (Å²) in [5, 5.41) is 11.8. The zero-order valence-corrected chi connectivity index (χ0v) is 14.5. The molecule has 1 rings (SSSR count). The number of anilines is 1. The summed E-state index contributed by atoms with van der Waals surface area (Å²) in [5.74, 6) is -1.08. The van der Waals surface area contributed by atoms with Gasteiger partial charge in [-0.3, -0.25) is 0 Å². The van der Waals surface area contributed by atoms with Crippen molar-refractivity contribution in [3.8, 4) is 0 Å². The second kappa shape index (κ2) is 6.47. The topological polar surface area (TPSA) is 69.6 Å². The first-order valence-electron chi connectivity index (χ1n) is 6.60. The van der Waals surface area contributed by atoms with Crippen molar-refractivity contribution in [1.82, 2.24) is 4.90 Å². The molecule has 0 spiro atoms. The van der Waals surface area contributed by atoms with Crippen LogP contribution in [0, 0.1) is 5.41 Å². The highest BCUT2D eigenvalue weighted by Crippen LogP contribution is 2.25. The number of rotatable bonds is 3. The van der Waals surface area contributed by atoms with Gasteiger partial charge in [0.15, 0.2) is 0 Å². The second-order valence-electron chi connectivity index (χ2n) is 6.08. The lowest BCUT2D eigenvalue weighted by atomic mass is 9.87. The molecule has 0 saturated carbocycles. The standard InChI is InChI=1S/C15H21BrN2O3/c1-9(15(2,3)4)18(5)14(21)17-12-8-10(16)6-7-11(12)13(19)20/h6-9H,1-5H3,(H,17,21)(H,19,20). The highest BCUT2D eigenvalue weighted by molar-refractivity contribution is 9.10. The minimum atomic E-state index is -1.08. The van der Waals surface area contributed by atoms with E-state index < -0.39 is 5.97 Å². The van der Waals surface area contributed by atoms with Crippen LogP contribution in [0.3, 0.4) is 0 Å². The second-order valence-corrected chi connectivity index (χ2v) is 6.99. The van der Waals surface area contributed by atoms with Gasteiger partial charge in [-0.25, -0.2) is 9.59 Å². The van der Waals surface area contributed by atoms with Gasteiger partial charge >= 0.3 is 12.0 Å². The Morgan fingerprint density at radius 3 is 2.38 bits per heavy atom. The van der Waals surface area contributed by atoms with Crippen molar-refractivity contribution in [2.75, 3.05) is 12.4 Å². The minimum absolute atomic E-state index is 0.00192. The maximum Gasteiger partial charge on any atom is 0.337 e. The van der Waals surface area contributed by atoms with Gasteiger partial charge in [0.05, 0.1) is 11.3 Å². The van der Waals surface area contributed by atoms with E-state index in [0.29, 0.717) is 4.47 Å². The highest BCUT2D eigenvalue weighted by Gasteiger charge is 2.27. The summed E-state index contributed by atoms with van der Waals surface area (Å²) < 4.78 is 0.703. The molecule has 21 heavy (non-hydrogen) atoms. The third kappa shape index (κ3) is 4.46. The predicted molar refractivity (Wildman–Crippen MR) is 86.8 cm³/mol. The first-order chi connectivity index (χ1) is 9.54. The number of nitrogens with zero attached hydrogens (tertiary/aromatic N) is 1. The normalized spacial score (nSPS) is 12.7. The van der Waals surface area contributed by atoms with E-state index in [1.54, 1.807) is 24.1 Å². The van der Waals surface area contributed by atoms with Crippen LogP contribution in [0.4, 0.5) is 10.5 Å². The summed E-state index contributed by atoms with van der Waals surface area (Å²) in [6.45, 7) is 8.09. The van der Waals surface area contributed by atoms with Crippen LogP contribution in [0.15, 0.2) is 22.7 Å². The van der Waals surface area contributed by atoms with Crippen LogP contribution in [0.2, 0.25) is 0 Å². The van der Waals surface area contributed by atoms with E-state index in [1.165, 1.54) is 6.07 Å². The summed E-state index contributed by atoms with van der Waals surface area (Å²) in [5.41, 5.74) is 0.261. The van der Waals surface area contributed by atoms with E-state index >= 15 is 0 Å². The molecule has 0 aliphatic rings. The average molecular weight is 357 g/mol. The van der Waals surface area contributed by atoms with Gasteiger partial charge in [0.1, 0.15) is 0 Å². The van der Waals surface area contributed by atoms with Gasteiger partial charge in [-0.05, 0) is 30.5 Å². The Morgan fingerprint density at radius 2 is 1.90 bits per heavy atom. The van der Waals surface area contributed by atoms with Gasteiger partial charge in [-0.2, -0.15) is 0 Å². The number of urea groups is 1. The van der Waals surface area contributed by atoms with Crippen LogP contribution in [0.5, 0.6) is 0 Å². The fraction of sp³-hybridized carbons (Fsp3) is 0.467. The molecule has 5 nitrogen and oxygen atoms in total. The van der Waals surface area contributed by atoms with Crippen LogP contribution in [-0.2, 0) is 0 Å². The SMILES string of the molecule is CC(N(C)C(=O)Nc1cc(Br)ccc1C(=O)O)C(C)(C)C. The van der Waals surface area contributed by atoms with E-state index in [9.17, 15) is 9.59 Å². The van der Waals surface area contributed by atoms with E-state index in [0.717, 1.165) is 0 Å². The number of hydrogen-bond donors (Lipinski definition) is 2. The number of amides is 2. The minimum Gasteiger partial charge on any atom is -0.478 e. The molecule has 1 unspecified atom stereocenters. The third-order valence-corrected chi connectivity index (χ3v) is 4.10. The summed E-state index contributed by atoms with van der Waals surface area (Å²) in [4.78, 5) is 25.1. The molecular weight excluding hydrogens is 336 g/mol. The quantitative estimate of drug-likeness (QED) is 0.858. The molecule has 1 aromatic carbocycles. The number of hydrogen-bond acceptors (Lipinski definition) is 2. The number of halogens is 1. The van der Waals surface area contributed by atoms with E-state index in [2.05, 4.69) is 21.2 Å². The maximum absolute atomic E-state index is 12.3. The summed E-state index contributed by atoms with van der Waals surface area (Å²) in [7, 11) is 1.70. The largest absolute Gasteiger partial charge is 0.478 e. The average Bonchev–Trinajstić information content (AvgIpc) is 2.35. The Morgan fingerprint density at radius 1 is 1.33 bits per heavy atom. The molecule has 2 amide bonds. The number of carboxylic acid groups (broad SMARTS) is 1. The van der Waals surface area contributed by atoms with Crippen molar-refractivity contribution in [3.63, 3.8) is 0 Å². The Bertz CT molecular complexity index is 552.